The van der Waals surface area contributed by atoms with E-state index in [0.29, 0.717) is 0 Å². The number of allylic oxidation sites excluding steroid dienone is 8. The first-order valence-electron chi connectivity index (χ1n) is 6.69. The van der Waals surface area contributed by atoms with Gasteiger partial charge in [-0.05, 0) is 54.0 Å². The Balaban J connectivity index is 1.95. The number of rotatable bonds is 2. The lowest BCUT2D eigenvalue weighted by Gasteiger charge is -2.11. The van der Waals surface area contributed by atoms with Crippen LogP contribution in [0, 0.1) is 0 Å². The van der Waals surface area contributed by atoms with Gasteiger partial charge in [0.2, 0.25) is 0 Å². The van der Waals surface area contributed by atoms with Crippen molar-refractivity contribution < 1.29 is 0 Å². The Morgan fingerprint density at radius 2 is 1.78 bits per heavy atom. The van der Waals surface area contributed by atoms with Gasteiger partial charge >= 0.3 is 0 Å². The van der Waals surface area contributed by atoms with Crippen LogP contribution in [0.3, 0.4) is 0 Å². The summed E-state index contributed by atoms with van der Waals surface area (Å²) in [6, 6.07) is 10.7. The molecule has 0 fully saturated rings. The van der Waals surface area contributed by atoms with Crippen molar-refractivity contribution in [2.45, 2.75) is 26.2 Å². The van der Waals surface area contributed by atoms with Crippen LogP contribution in [0.1, 0.15) is 31.7 Å². The molecule has 0 unspecified atom stereocenters. The maximum atomic E-state index is 2.37. The Bertz CT molecular complexity index is 565. The second-order valence-corrected chi connectivity index (χ2v) is 4.93. The van der Waals surface area contributed by atoms with Gasteiger partial charge in [-0.1, -0.05) is 54.6 Å². The van der Waals surface area contributed by atoms with Crippen LogP contribution in [0.2, 0.25) is 0 Å². The van der Waals surface area contributed by atoms with E-state index in [0.717, 1.165) is 6.42 Å². The zero-order chi connectivity index (χ0) is 12.4. The Morgan fingerprint density at radius 1 is 0.944 bits per heavy atom. The van der Waals surface area contributed by atoms with Crippen molar-refractivity contribution >= 4 is 5.57 Å². The van der Waals surface area contributed by atoms with Gasteiger partial charge in [0.1, 0.15) is 0 Å². The summed E-state index contributed by atoms with van der Waals surface area (Å²) in [5.74, 6) is 0. The van der Waals surface area contributed by atoms with Crippen molar-refractivity contribution in [2.24, 2.45) is 0 Å². The zero-order valence-corrected chi connectivity index (χ0v) is 10.8. The summed E-state index contributed by atoms with van der Waals surface area (Å²) in [5, 5.41) is 0. The molecule has 2 aliphatic rings. The summed E-state index contributed by atoms with van der Waals surface area (Å²) in [4.78, 5) is 0. The van der Waals surface area contributed by atoms with Crippen LogP contribution in [0.4, 0.5) is 0 Å². The summed E-state index contributed by atoms with van der Waals surface area (Å²) in [6.45, 7) is 2.25. The van der Waals surface area contributed by atoms with Crippen LogP contribution < -0.4 is 0 Å². The first kappa shape index (κ1) is 11.3. The molecule has 0 nitrogen and oxygen atoms in total. The van der Waals surface area contributed by atoms with E-state index in [1.807, 2.05) is 0 Å². The fraction of sp³-hybridized carbons (Fsp3) is 0.222. The highest BCUT2D eigenvalue weighted by Crippen LogP contribution is 2.37. The first-order chi connectivity index (χ1) is 8.86. The summed E-state index contributed by atoms with van der Waals surface area (Å²) in [6.07, 6.45) is 12.7. The predicted molar refractivity (Wildman–Crippen MR) is 78.2 cm³/mol. The molecule has 0 aliphatic heterocycles. The van der Waals surface area contributed by atoms with E-state index in [1.165, 1.54) is 40.7 Å². The molecule has 0 atom stereocenters. The van der Waals surface area contributed by atoms with Gasteiger partial charge in [-0.15, -0.1) is 0 Å². The molecule has 0 N–H and O–H groups in total. The maximum Gasteiger partial charge on any atom is -0.00793 e. The first-order valence-corrected chi connectivity index (χ1v) is 6.69. The van der Waals surface area contributed by atoms with Gasteiger partial charge in [0.25, 0.3) is 0 Å². The molecule has 0 heteroatoms. The molecule has 0 saturated carbocycles. The number of benzene rings is 1. The Hall–Kier alpha value is -1.82. The van der Waals surface area contributed by atoms with Gasteiger partial charge in [-0.2, -0.15) is 0 Å². The largest absolute Gasteiger partial charge is 0.0836 e. The van der Waals surface area contributed by atoms with E-state index in [2.05, 4.69) is 61.6 Å². The molecule has 0 bridgehead atoms. The minimum Gasteiger partial charge on any atom is -0.0836 e. The molecule has 1 aromatic rings. The minimum absolute atomic E-state index is 1.07. The summed E-state index contributed by atoms with van der Waals surface area (Å²) in [5.41, 5.74) is 7.13. The van der Waals surface area contributed by atoms with Crippen molar-refractivity contribution in [3.63, 3.8) is 0 Å². The van der Waals surface area contributed by atoms with Gasteiger partial charge in [0.05, 0.1) is 0 Å². The molecule has 0 saturated heterocycles. The van der Waals surface area contributed by atoms with Crippen LogP contribution in [0.15, 0.2) is 71.4 Å². The van der Waals surface area contributed by atoms with Crippen LogP contribution in [-0.4, -0.2) is 0 Å². The lowest BCUT2D eigenvalue weighted by Crippen LogP contribution is -1.91. The molecular formula is C18H18. The minimum atomic E-state index is 1.07. The Labute approximate surface area is 109 Å². The number of hydrogen-bond acceptors (Lipinski definition) is 0. The third-order valence-electron chi connectivity index (χ3n) is 3.80. The van der Waals surface area contributed by atoms with Crippen molar-refractivity contribution in [3.05, 3.63) is 76.9 Å². The quantitative estimate of drug-likeness (QED) is 0.670. The van der Waals surface area contributed by atoms with Gasteiger partial charge in [-0.3, -0.25) is 0 Å². The summed E-state index contributed by atoms with van der Waals surface area (Å²) < 4.78 is 0. The van der Waals surface area contributed by atoms with Gasteiger partial charge in [0.15, 0.2) is 0 Å². The topological polar surface area (TPSA) is 0 Å². The number of hydrogen-bond donors (Lipinski definition) is 0. The predicted octanol–water partition coefficient (Wildman–Crippen LogP) is 5.07. The average Bonchev–Trinajstić information content (AvgIpc) is 2.83. The smallest absolute Gasteiger partial charge is 0.00793 e. The normalized spacial score (nSPS) is 18.9. The van der Waals surface area contributed by atoms with E-state index in [-0.39, 0.29) is 0 Å². The summed E-state index contributed by atoms with van der Waals surface area (Å²) in [7, 11) is 0. The van der Waals surface area contributed by atoms with E-state index in [4.69, 9.17) is 0 Å². The SMILES string of the molecule is CC1=C(c2ccccc2)CC=C1C1=CCCC=C1. The van der Waals surface area contributed by atoms with Crippen molar-refractivity contribution in [1.82, 2.24) is 0 Å². The van der Waals surface area contributed by atoms with Crippen LogP contribution in [-0.2, 0) is 0 Å². The monoisotopic (exact) mass is 234 g/mol. The van der Waals surface area contributed by atoms with Crippen molar-refractivity contribution in [1.29, 1.82) is 0 Å². The molecular weight excluding hydrogens is 216 g/mol. The van der Waals surface area contributed by atoms with Crippen molar-refractivity contribution in [2.75, 3.05) is 0 Å². The molecule has 0 heterocycles. The molecule has 3 rings (SSSR count). The third kappa shape index (κ3) is 1.99. The molecule has 0 radical (unpaired) electrons. The van der Waals surface area contributed by atoms with Crippen LogP contribution >= 0.6 is 0 Å². The standard InChI is InChI=1S/C18H18/c1-14-17(15-8-4-2-5-9-15)12-13-18(14)16-10-6-3-7-11-16/h2,4-6,8-11,13H,3,7,12H2,1H3. The highest BCUT2D eigenvalue weighted by molar-refractivity contribution is 5.79. The van der Waals surface area contributed by atoms with Gasteiger partial charge in [-0.25, -0.2) is 0 Å². The van der Waals surface area contributed by atoms with Crippen molar-refractivity contribution in [3.8, 4) is 0 Å². The molecule has 0 spiro atoms. The van der Waals surface area contributed by atoms with E-state index < -0.39 is 0 Å². The highest BCUT2D eigenvalue weighted by atomic mass is 14.2. The third-order valence-corrected chi connectivity index (χ3v) is 3.80. The highest BCUT2D eigenvalue weighted by Gasteiger charge is 2.17. The lowest BCUT2D eigenvalue weighted by molar-refractivity contribution is 1.02. The summed E-state index contributed by atoms with van der Waals surface area (Å²) >= 11 is 0. The molecule has 0 amide bonds. The molecule has 18 heavy (non-hydrogen) atoms. The fourth-order valence-corrected chi connectivity index (χ4v) is 2.79. The molecule has 90 valence electrons. The second-order valence-electron chi connectivity index (χ2n) is 4.93. The lowest BCUT2D eigenvalue weighted by atomic mass is 9.94. The van der Waals surface area contributed by atoms with Gasteiger partial charge < -0.3 is 0 Å². The Morgan fingerprint density at radius 3 is 2.50 bits per heavy atom. The van der Waals surface area contributed by atoms with E-state index in [9.17, 15) is 0 Å². The van der Waals surface area contributed by atoms with Gasteiger partial charge in [0, 0.05) is 0 Å². The maximum absolute atomic E-state index is 2.37. The molecule has 1 aromatic carbocycles. The van der Waals surface area contributed by atoms with Crippen LogP contribution in [0.5, 0.6) is 0 Å². The molecule has 2 aliphatic carbocycles. The average molecular weight is 234 g/mol. The van der Waals surface area contributed by atoms with E-state index in [1.54, 1.807) is 0 Å². The zero-order valence-electron chi connectivity index (χ0n) is 10.8. The molecule has 0 aromatic heterocycles. The fourth-order valence-electron chi connectivity index (χ4n) is 2.79. The Kier molecular flexibility index (Phi) is 3.02. The second kappa shape index (κ2) is 4.81. The van der Waals surface area contributed by atoms with E-state index >= 15 is 0 Å². The van der Waals surface area contributed by atoms with Crippen LogP contribution in [0.25, 0.3) is 5.57 Å².